The molecule has 1 aliphatic carbocycles. The maximum absolute atomic E-state index is 5.21. The molecule has 3 nitrogen and oxygen atoms in total. The van der Waals surface area contributed by atoms with Gasteiger partial charge in [-0.1, -0.05) is 0 Å². The Morgan fingerprint density at radius 3 is 2.76 bits per heavy atom. The average Bonchev–Trinajstić information content (AvgIpc) is 3.18. The fourth-order valence-electron chi connectivity index (χ4n) is 2.93. The predicted molar refractivity (Wildman–Crippen MR) is 71.3 cm³/mol. The van der Waals surface area contributed by atoms with Crippen molar-refractivity contribution in [2.75, 3.05) is 33.4 Å². The molecule has 0 radical (unpaired) electrons. The summed E-state index contributed by atoms with van der Waals surface area (Å²) in [5.41, 5.74) is 0. The summed E-state index contributed by atoms with van der Waals surface area (Å²) in [6, 6.07) is 1.56. The van der Waals surface area contributed by atoms with Crippen LogP contribution in [-0.4, -0.2) is 50.3 Å². The predicted octanol–water partition coefficient (Wildman–Crippen LogP) is 1.88. The molecule has 100 valence electrons. The highest BCUT2D eigenvalue weighted by molar-refractivity contribution is 4.89. The van der Waals surface area contributed by atoms with Gasteiger partial charge < -0.3 is 10.1 Å². The van der Waals surface area contributed by atoms with Crippen LogP contribution in [0.1, 0.15) is 39.0 Å². The van der Waals surface area contributed by atoms with Crippen molar-refractivity contribution in [3.63, 3.8) is 0 Å². The van der Waals surface area contributed by atoms with E-state index in [4.69, 9.17) is 4.74 Å². The van der Waals surface area contributed by atoms with Gasteiger partial charge in [-0.2, -0.15) is 0 Å². The molecule has 0 amide bonds. The monoisotopic (exact) mass is 240 g/mol. The van der Waals surface area contributed by atoms with Crippen LogP contribution in [0.3, 0.4) is 0 Å². The molecule has 1 aliphatic heterocycles. The zero-order valence-electron chi connectivity index (χ0n) is 11.5. The SMILES string of the molecule is COCCC(C)N(CC1CCCNC1)C1CC1. The molecule has 0 aromatic carbocycles. The van der Waals surface area contributed by atoms with E-state index in [2.05, 4.69) is 17.1 Å². The van der Waals surface area contributed by atoms with Crippen molar-refractivity contribution in [1.82, 2.24) is 10.2 Å². The van der Waals surface area contributed by atoms with E-state index < -0.39 is 0 Å². The van der Waals surface area contributed by atoms with Crippen LogP contribution < -0.4 is 5.32 Å². The third-order valence-corrected chi connectivity index (χ3v) is 4.19. The second-order valence-electron chi connectivity index (χ2n) is 5.77. The van der Waals surface area contributed by atoms with Crippen LogP contribution in [0.4, 0.5) is 0 Å². The zero-order valence-corrected chi connectivity index (χ0v) is 11.5. The highest BCUT2D eigenvalue weighted by Gasteiger charge is 2.33. The van der Waals surface area contributed by atoms with E-state index in [1.807, 2.05) is 0 Å². The molecule has 0 bridgehead atoms. The van der Waals surface area contributed by atoms with Crippen molar-refractivity contribution in [2.24, 2.45) is 5.92 Å². The summed E-state index contributed by atoms with van der Waals surface area (Å²) in [5, 5.41) is 3.53. The fourth-order valence-corrected chi connectivity index (χ4v) is 2.93. The number of nitrogens with zero attached hydrogens (tertiary/aromatic N) is 1. The van der Waals surface area contributed by atoms with Crippen molar-refractivity contribution < 1.29 is 4.74 Å². The smallest absolute Gasteiger partial charge is 0.0477 e. The van der Waals surface area contributed by atoms with Crippen molar-refractivity contribution >= 4 is 0 Å². The van der Waals surface area contributed by atoms with Crippen LogP contribution in [0.2, 0.25) is 0 Å². The molecule has 0 aromatic heterocycles. The molecular weight excluding hydrogens is 212 g/mol. The Morgan fingerprint density at radius 1 is 1.35 bits per heavy atom. The van der Waals surface area contributed by atoms with Crippen LogP contribution in [-0.2, 0) is 4.74 Å². The van der Waals surface area contributed by atoms with E-state index in [1.54, 1.807) is 7.11 Å². The first kappa shape index (κ1) is 13.3. The molecule has 2 fully saturated rings. The van der Waals surface area contributed by atoms with Crippen molar-refractivity contribution in [2.45, 2.75) is 51.1 Å². The molecule has 3 heteroatoms. The van der Waals surface area contributed by atoms with Crippen LogP contribution >= 0.6 is 0 Å². The highest BCUT2D eigenvalue weighted by atomic mass is 16.5. The normalized spacial score (nSPS) is 27.4. The Bertz CT molecular complexity index is 212. The second-order valence-corrected chi connectivity index (χ2v) is 5.77. The number of nitrogens with one attached hydrogen (secondary N) is 1. The molecule has 1 saturated carbocycles. The lowest BCUT2D eigenvalue weighted by Crippen LogP contribution is -2.43. The van der Waals surface area contributed by atoms with E-state index in [1.165, 1.54) is 51.7 Å². The molecule has 2 rings (SSSR count). The summed E-state index contributed by atoms with van der Waals surface area (Å²) < 4.78 is 5.21. The Kier molecular flexibility index (Phi) is 5.26. The van der Waals surface area contributed by atoms with E-state index in [0.29, 0.717) is 6.04 Å². The minimum absolute atomic E-state index is 0.685. The first-order valence-electron chi connectivity index (χ1n) is 7.26. The number of piperidine rings is 1. The summed E-state index contributed by atoms with van der Waals surface area (Å²) in [4.78, 5) is 2.75. The summed E-state index contributed by atoms with van der Waals surface area (Å²) in [6.07, 6.45) is 6.77. The van der Waals surface area contributed by atoms with E-state index >= 15 is 0 Å². The Morgan fingerprint density at radius 2 is 2.18 bits per heavy atom. The van der Waals surface area contributed by atoms with E-state index in [0.717, 1.165) is 18.6 Å². The van der Waals surface area contributed by atoms with Crippen LogP contribution in [0.5, 0.6) is 0 Å². The minimum Gasteiger partial charge on any atom is -0.385 e. The Labute approximate surface area is 106 Å². The van der Waals surface area contributed by atoms with Gasteiger partial charge in [0.2, 0.25) is 0 Å². The largest absolute Gasteiger partial charge is 0.385 e. The second kappa shape index (κ2) is 6.72. The number of hydrogen-bond acceptors (Lipinski definition) is 3. The van der Waals surface area contributed by atoms with Crippen molar-refractivity contribution in [3.05, 3.63) is 0 Å². The third-order valence-electron chi connectivity index (χ3n) is 4.19. The average molecular weight is 240 g/mol. The quantitative estimate of drug-likeness (QED) is 0.735. The van der Waals surface area contributed by atoms with Crippen LogP contribution in [0.15, 0.2) is 0 Å². The van der Waals surface area contributed by atoms with Gasteiger partial charge in [-0.3, -0.25) is 4.90 Å². The molecule has 2 aliphatic rings. The Balaban J connectivity index is 1.78. The lowest BCUT2D eigenvalue weighted by molar-refractivity contribution is 0.113. The standard InChI is InChI=1S/C14H28N2O/c1-12(7-9-17-2)16(14-5-6-14)11-13-4-3-8-15-10-13/h12-15H,3-11H2,1-2H3. The third kappa shape index (κ3) is 4.23. The minimum atomic E-state index is 0.685. The summed E-state index contributed by atoms with van der Waals surface area (Å²) in [7, 11) is 1.80. The summed E-state index contributed by atoms with van der Waals surface area (Å²) in [5.74, 6) is 0.870. The molecule has 2 atom stereocenters. The summed E-state index contributed by atoms with van der Waals surface area (Å²) in [6.45, 7) is 7.00. The zero-order chi connectivity index (χ0) is 12.1. The van der Waals surface area contributed by atoms with Gasteiger partial charge in [0.15, 0.2) is 0 Å². The topological polar surface area (TPSA) is 24.5 Å². The molecular formula is C14H28N2O. The van der Waals surface area contributed by atoms with Gasteiger partial charge >= 0.3 is 0 Å². The Hall–Kier alpha value is -0.120. The maximum Gasteiger partial charge on any atom is 0.0477 e. The van der Waals surface area contributed by atoms with Gasteiger partial charge in [-0.05, 0) is 58.0 Å². The van der Waals surface area contributed by atoms with Crippen molar-refractivity contribution in [1.29, 1.82) is 0 Å². The highest BCUT2D eigenvalue weighted by Crippen LogP contribution is 2.31. The number of ether oxygens (including phenoxy) is 1. The number of rotatable bonds is 7. The molecule has 17 heavy (non-hydrogen) atoms. The van der Waals surface area contributed by atoms with Gasteiger partial charge in [-0.15, -0.1) is 0 Å². The van der Waals surface area contributed by atoms with E-state index in [-0.39, 0.29) is 0 Å². The van der Waals surface area contributed by atoms with Crippen molar-refractivity contribution in [3.8, 4) is 0 Å². The molecule has 2 unspecified atom stereocenters. The number of hydrogen-bond donors (Lipinski definition) is 1. The molecule has 1 heterocycles. The van der Waals surface area contributed by atoms with Gasteiger partial charge in [0.25, 0.3) is 0 Å². The van der Waals surface area contributed by atoms with Gasteiger partial charge in [0.05, 0.1) is 0 Å². The molecule has 1 saturated heterocycles. The van der Waals surface area contributed by atoms with Gasteiger partial charge in [0, 0.05) is 32.3 Å². The number of methoxy groups -OCH3 is 1. The molecule has 1 N–H and O–H groups in total. The summed E-state index contributed by atoms with van der Waals surface area (Å²) >= 11 is 0. The van der Waals surface area contributed by atoms with Gasteiger partial charge in [0.1, 0.15) is 0 Å². The lowest BCUT2D eigenvalue weighted by Gasteiger charge is -2.34. The van der Waals surface area contributed by atoms with Gasteiger partial charge in [-0.25, -0.2) is 0 Å². The molecule has 0 spiro atoms. The first-order chi connectivity index (χ1) is 8.31. The molecule has 0 aromatic rings. The first-order valence-corrected chi connectivity index (χ1v) is 7.26. The fraction of sp³-hybridized carbons (Fsp3) is 1.00. The maximum atomic E-state index is 5.21. The van der Waals surface area contributed by atoms with Crippen LogP contribution in [0, 0.1) is 5.92 Å². The van der Waals surface area contributed by atoms with Crippen LogP contribution in [0.25, 0.3) is 0 Å². The van der Waals surface area contributed by atoms with E-state index in [9.17, 15) is 0 Å². The lowest BCUT2D eigenvalue weighted by atomic mass is 9.98.